The van der Waals surface area contributed by atoms with Gasteiger partial charge in [-0.25, -0.2) is 10.3 Å². The van der Waals surface area contributed by atoms with Gasteiger partial charge in [-0.3, -0.25) is 0 Å². The van der Waals surface area contributed by atoms with Gasteiger partial charge in [-0.15, -0.1) is 0 Å². The highest BCUT2D eigenvalue weighted by Crippen LogP contribution is 2.08. The van der Waals surface area contributed by atoms with Crippen LogP contribution in [0.25, 0.3) is 0 Å². The van der Waals surface area contributed by atoms with Crippen molar-refractivity contribution in [1.29, 1.82) is 0 Å². The number of nitrogens with one attached hydrogen (secondary N) is 1. The molecule has 0 saturated carbocycles. The smallest absolute Gasteiger partial charge is 0.436 e. The van der Waals surface area contributed by atoms with Gasteiger partial charge >= 0.3 is 6.16 Å². The van der Waals surface area contributed by atoms with Gasteiger partial charge in [0.05, 0.1) is 12.8 Å². The Kier molecular flexibility index (Phi) is 3.14. The van der Waals surface area contributed by atoms with E-state index < -0.39 is 6.16 Å². The molecule has 0 aliphatic carbocycles. The van der Waals surface area contributed by atoms with E-state index in [0.717, 1.165) is 5.56 Å². The summed E-state index contributed by atoms with van der Waals surface area (Å²) >= 11 is 0. The second-order valence-electron chi connectivity index (χ2n) is 2.52. The van der Waals surface area contributed by atoms with E-state index in [1.807, 2.05) is 19.1 Å². The van der Waals surface area contributed by atoms with Gasteiger partial charge in [-0.05, 0) is 19.1 Å². The molecule has 1 aromatic carbocycles. The van der Waals surface area contributed by atoms with Crippen LogP contribution in [-0.2, 0) is 9.57 Å². The predicted octanol–water partition coefficient (Wildman–Crippen LogP) is 2.10. The van der Waals surface area contributed by atoms with E-state index in [1.165, 1.54) is 7.11 Å². The standard InChI is InChI=1S/C9H11NO3/c1-7-3-5-8(6-4-7)10-13-9(11)12-2/h3-6,10H,1-2H3. The highest BCUT2D eigenvalue weighted by atomic mass is 16.8. The molecule has 0 fully saturated rings. The third-order valence-electron chi connectivity index (χ3n) is 1.47. The zero-order valence-corrected chi connectivity index (χ0v) is 7.53. The average Bonchev–Trinajstić information content (AvgIpc) is 2.16. The first-order valence-corrected chi connectivity index (χ1v) is 3.80. The lowest BCUT2D eigenvalue weighted by molar-refractivity contribution is 0.0914. The molecule has 1 N–H and O–H groups in total. The van der Waals surface area contributed by atoms with Crippen LogP contribution in [0.2, 0.25) is 0 Å². The summed E-state index contributed by atoms with van der Waals surface area (Å²) < 4.78 is 4.27. The number of benzene rings is 1. The predicted molar refractivity (Wildman–Crippen MR) is 48.3 cm³/mol. The van der Waals surface area contributed by atoms with Crippen molar-refractivity contribution in [2.45, 2.75) is 6.92 Å². The highest BCUT2D eigenvalue weighted by molar-refractivity contribution is 5.61. The molecule has 0 aliphatic rings. The lowest BCUT2D eigenvalue weighted by Crippen LogP contribution is -2.09. The third kappa shape index (κ3) is 3.02. The summed E-state index contributed by atoms with van der Waals surface area (Å²) in [6.45, 7) is 1.98. The molecular weight excluding hydrogens is 170 g/mol. The quantitative estimate of drug-likeness (QED) is 0.560. The zero-order valence-electron chi connectivity index (χ0n) is 7.53. The molecule has 0 saturated heterocycles. The van der Waals surface area contributed by atoms with E-state index in [-0.39, 0.29) is 0 Å². The molecular formula is C9H11NO3. The zero-order chi connectivity index (χ0) is 9.68. The topological polar surface area (TPSA) is 47.6 Å². The molecule has 0 atom stereocenters. The molecule has 0 bridgehead atoms. The molecule has 0 radical (unpaired) electrons. The van der Waals surface area contributed by atoms with Gasteiger partial charge in [0.25, 0.3) is 0 Å². The van der Waals surface area contributed by atoms with Crippen molar-refractivity contribution < 1.29 is 14.4 Å². The number of aryl methyl sites for hydroxylation is 1. The van der Waals surface area contributed by atoms with E-state index >= 15 is 0 Å². The minimum absolute atomic E-state index is 0.705. The number of hydrogen-bond acceptors (Lipinski definition) is 4. The summed E-state index contributed by atoms with van der Waals surface area (Å²) in [6.07, 6.45) is -0.763. The summed E-state index contributed by atoms with van der Waals surface area (Å²) in [5.74, 6) is 0. The van der Waals surface area contributed by atoms with Crippen molar-refractivity contribution in [3.8, 4) is 0 Å². The van der Waals surface area contributed by atoms with Crippen LogP contribution in [0, 0.1) is 6.92 Å². The molecule has 0 aliphatic heterocycles. The Morgan fingerprint density at radius 3 is 2.46 bits per heavy atom. The van der Waals surface area contributed by atoms with E-state index in [2.05, 4.69) is 15.1 Å². The van der Waals surface area contributed by atoms with Gasteiger partial charge < -0.3 is 9.57 Å². The lowest BCUT2D eigenvalue weighted by Gasteiger charge is -2.04. The third-order valence-corrected chi connectivity index (χ3v) is 1.47. The van der Waals surface area contributed by atoms with Crippen molar-refractivity contribution in [1.82, 2.24) is 0 Å². The number of carbonyl (C=O) groups excluding carboxylic acids is 1. The van der Waals surface area contributed by atoms with E-state index in [4.69, 9.17) is 0 Å². The van der Waals surface area contributed by atoms with Gasteiger partial charge in [-0.1, -0.05) is 17.7 Å². The number of carbonyl (C=O) groups is 1. The summed E-state index contributed by atoms with van der Waals surface area (Å²) in [7, 11) is 1.25. The first-order valence-electron chi connectivity index (χ1n) is 3.80. The Labute approximate surface area is 76.4 Å². The maximum Gasteiger partial charge on any atom is 0.532 e. The van der Waals surface area contributed by atoms with Gasteiger partial charge in [0.15, 0.2) is 0 Å². The second kappa shape index (κ2) is 4.35. The molecule has 0 unspecified atom stereocenters. The van der Waals surface area contributed by atoms with E-state index in [0.29, 0.717) is 5.69 Å². The number of hydrogen-bond donors (Lipinski definition) is 1. The van der Waals surface area contributed by atoms with Crippen molar-refractivity contribution in [2.75, 3.05) is 12.6 Å². The number of ether oxygens (including phenoxy) is 1. The Balaban J connectivity index is 2.46. The Hall–Kier alpha value is -1.71. The number of rotatable bonds is 2. The van der Waals surface area contributed by atoms with Gasteiger partial charge in [0, 0.05) is 0 Å². The normalized spacial score (nSPS) is 9.08. The number of anilines is 1. The minimum atomic E-state index is -0.763. The minimum Gasteiger partial charge on any atom is -0.436 e. The monoisotopic (exact) mass is 181 g/mol. The fourth-order valence-electron chi connectivity index (χ4n) is 0.764. The van der Waals surface area contributed by atoms with Crippen LogP contribution < -0.4 is 5.48 Å². The van der Waals surface area contributed by atoms with Crippen LogP contribution in [0.15, 0.2) is 24.3 Å². The van der Waals surface area contributed by atoms with Crippen molar-refractivity contribution in [3.63, 3.8) is 0 Å². The summed E-state index contributed by atoms with van der Waals surface area (Å²) in [4.78, 5) is 15.1. The molecule has 13 heavy (non-hydrogen) atoms. The highest BCUT2D eigenvalue weighted by Gasteiger charge is 1.99. The van der Waals surface area contributed by atoms with Crippen LogP contribution in [0.5, 0.6) is 0 Å². The van der Waals surface area contributed by atoms with Crippen LogP contribution in [0.1, 0.15) is 5.56 Å². The first-order chi connectivity index (χ1) is 6.22. The maximum atomic E-state index is 10.5. The number of methoxy groups -OCH3 is 1. The van der Waals surface area contributed by atoms with Gasteiger partial charge in [0.1, 0.15) is 0 Å². The largest absolute Gasteiger partial charge is 0.532 e. The SMILES string of the molecule is COC(=O)ONc1ccc(C)cc1. The van der Waals surface area contributed by atoms with Crippen molar-refractivity contribution in [3.05, 3.63) is 29.8 Å². The summed E-state index contributed by atoms with van der Waals surface area (Å²) in [6, 6.07) is 7.42. The molecule has 0 aromatic heterocycles. The van der Waals surface area contributed by atoms with E-state index in [1.54, 1.807) is 12.1 Å². The van der Waals surface area contributed by atoms with Crippen LogP contribution >= 0.6 is 0 Å². The average molecular weight is 181 g/mol. The molecule has 1 aromatic rings. The first kappa shape index (κ1) is 9.38. The van der Waals surface area contributed by atoms with Crippen LogP contribution in [-0.4, -0.2) is 13.3 Å². The second-order valence-corrected chi connectivity index (χ2v) is 2.52. The van der Waals surface area contributed by atoms with Crippen molar-refractivity contribution >= 4 is 11.8 Å². The maximum absolute atomic E-state index is 10.5. The molecule has 0 heterocycles. The summed E-state index contributed by atoms with van der Waals surface area (Å²) in [5, 5.41) is 0. The molecule has 70 valence electrons. The Bertz CT molecular complexity index is 281. The summed E-state index contributed by atoms with van der Waals surface area (Å²) in [5.41, 5.74) is 4.29. The van der Waals surface area contributed by atoms with Crippen LogP contribution in [0.4, 0.5) is 10.5 Å². The Morgan fingerprint density at radius 2 is 1.92 bits per heavy atom. The molecule has 0 amide bonds. The molecule has 4 heteroatoms. The van der Waals surface area contributed by atoms with Gasteiger partial charge in [0.2, 0.25) is 0 Å². The Morgan fingerprint density at radius 1 is 1.31 bits per heavy atom. The fraction of sp³-hybridized carbons (Fsp3) is 0.222. The fourth-order valence-corrected chi connectivity index (χ4v) is 0.764. The lowest BCUT2D eigenvalue weighted by atomic mass is 10.2. The van der Waals surface area contributed by atoms with Crippen molar-refractivity contribution in [2.24, 2.45) is 0 Å². The molecule has 1 rings (SSSR count). The molecule has 0 spiro atoms. The molecule has 4 nitrogen and oxygen atoms in total. The van der Waals surface area contributed by atoms with Gasteiger partial charge in [-0.2, -0.15) is 0 Å². The van der Waals surface area contributed by atoms with E-state index in [9.17, 15) is 4.79 Å². The van der Waals surface area contributed by atoms with Crippen LogP contribution in [0.3, 0.4) is 0 Å².